The minimum Gasteiger partial charge on any atom is -0.497 e. The fraction of sp³-hybridized carbons (Fsp3) is 0.148. The van der Waals surface area contributed by atoms with Crippen LogP contribution in [0.2, 0.25) is 0 Å². The molecule has 2 unspecified atom stereocenters. The minimum absolute atomic E-state index is 0.227. The summed E-state index contributed by atoms with van der Waals surface area (Å²) >= 11 is 5.86. The number of nitrogens with one attached hydrogen (secondary N) is 1. The van der Waals surface area contributed by atoms with Gasteiger partial charge < -0.3 is 29.4 Å². The van der Waals surface area contributed by atoms with E-state index in [1.807, 2.05) is 64.2 Å². The molecule has 2 aromatic heterocycles. The lowest BCUT2D eigenvalue weighted by Crippen LogP contribution is -2.30. The second kappa shape index (κ2) is 9.71. The lowest BCUT2D eigenvalue weighted by molar-refractivity contribution is 0.0697. The molecule has 2 aromatic carbocycles. The van der Waals surface area contributed by atoms with Crippen LogP contribution in [-0.2, 0) is 0 Å². The van der Waals surface area contributed by atoms with Gasteiger partial charge in [-0.3, -0.25) is 4.98 Å². The maximum atomic E-state index is 11.4. The van der Waals surface area contributed by atoms with E-state index >= 15 is 0 Å². The number of anilines is 1. The number of carboxylic acid groups (broad SMARTS) is 1. The van der Waals surface area contributed by atoms with E-state index in [2.05, 4.69) is 10.3 Å². The van der Waals surface area contributed by atoms with E-state index in [0.29, 0.717) is 16.6 Å². The molecule has 3 heterocycles. The summed E-state index contributed by atoms with van der Waals surface area (Å²) in [5, 5.41) is 13.3. The van der Waals surface area contributed by atoms with Crippen molar-refractivity contribution in [3.05, 3.63) is 102 Å². The molecule has 182 valence electrons. The first-order valence-electron chi connectivity index (χ1n) is 11.3. The molecule has 0 spiro atoms. The molecule has 1 aliphatic heterocycles. The monoisotopic (exact) mass is 500 g/mol. The molecule has 5 rings (SSSR count). The molecule has 0 amide bonds. The van der Waals surface area contributed by atoms with Gasteiger partial charge in [0.25, 0.3) is 0 Å². The molecule has 2 atom stereocenters. The Morgan fingerprint density at radius 3 is 2.50 bits per heavy atom. The summed E-state index contributed by atoms with van der Waals surface area (Å²) in [7, 11) is 3.24. The molecule has 0 aliphatic carbocycles. The summed E-state index contributed by atoms with van der Waals surface area (Å²) in [5.41, 5.74) is 3.58. The van der Waals surface area contributed by atoms with Crippen LogP contribution in [-0.4, -0.2) is 40.0 Å². The average molecular weight is 501 g/mol. The van der Waals surface area contributed by atoms with Crippen LogP contribution in [0.25, 0.3) is 5.69 Å². The smallest absolute Gasteiger partial charge is 0.335 e. The number of aromatic carboxylic acids is 1. The van der Waals surface area contributed by atoms with Crippen molar-refractivity contribution in [3.8, 4) is 17.2 Å². The van der Waals surface area contributed by atoms with Crippen LogP contribution in [0.15, 0.2) is 85.2 Å². The molecular weight excluding hydrogens is 476 g/mol. The Balaban J connectivity index is 1.68. The topological polar surface area (TPSA) is 88.9 Å². The molecule has 1 fully saturated rings. The number of hydrogen-bond acceptors (Lipinski definition) is 5. The van der Waals surface area contributed by atoms with E-state index in [4.69, 9.17) is 21.7 Å². The lowest BCUT2D eigenvalue weighted by Gasteiger charge is -2.30. The molecule has 2 N–H and O–H groups in total. The zero-order chi connectivity index (χ0) is 25.2. The van der Waals surface area contributed by atoms with Gasteiger partial charge in [0.05, 0.1) is 37.2 Å². The Bertz CT molecular complexity index is 1410. The normalized spacial score (nSPS) is 17.1. The number of hydrogen-bond donors (Lipinski definition) is 2. The Labute approximate surface area is 213 Å². The maximum Gasteiger partial charge on any atom is 0.335 e. The third-order valence-corrected chi connectivity index (χ3v) is 6.53. The van der Waals surface area contributed by atoms with Crippen LogP contribution in [0.4, 0.5) is 5.69 Å². The highest BCUT2D eigenvalue weighted by atomic mass is 32.1. The van der Waals surface area contributed by atoms with Gasteiger partial charge in [-0.05, 0) is 72.9 Å². The molecule has 0 saturated carbocycles. The lowest BCUT2D eigenvalue weighted by atomic mass is 10.0. The van der Waals surface area contributed by atoms with Gasteiger partial charge in [0, 0.05) is 29.8 Å². The summed E-state index contributed by atoms with van der Waals surface area (Å²) in [5.74, 6) is 0.356. The Morgan fingerprint density at radius 1 is 1.03 bits per heavy atom. The molecule has 0 bridgehead atoms. The van der Waals surface area contributed by atoms with Gasteiger partial charge in [0.15, 0.2) is 5.11 Å². The average Bonchev–Trinajstić information content (AvgIpc) is 3.53. The summed E-state index contributed by atoms with van der Waals surface area (Å²) in [6, 6.07) is 21.6. The Morgan fingerprint density at radius 2 is 1.83 bits per heavy atom. The first-order chi connectivity index (χ1) is 17.5. The predicted molar refractivity (Wildman–Crippen MR) is 140 cm³/mol. The Kier molecular flexibility index (Phi) is 6.30. The zero-order valence-corrected chi connectivity index (χ0v) is 20.5. The van der Waals surface area contributed by atoms with Crippen molar-refractivity contribution >= 4 is 29.0 Å². The van der Waals surface area contributed by atoms with Crippen molar-refractivity contribution in [3.63, 3.8) is 0 Å². The van der Waals surface area contributed by atoms with E-state index < -0.39 is 5.97 Å². The molecule has 9 heteroatoms. The summed E-state index contributed by atoms with van der Waals surface area (Å²) in [6.45, 7) is 0. The van der Waals surface area contributed by atoms with Crippen LogP contribution in [0, 0.1) is 0 Å². The largest absolute Gasteiger partial charge is 0.497 e. The maximum absolute atomic E-state index is 11.4. The van der Waals surface area contributed by atoms with E-state index in [9.17, 15) is 9.90 Å². The van der Waals surface area contributed by atoms with Crippen LogP contribution in [0.3, 0.4) is 0 Å². The van der Waals surface area contributed by atoms with Crippen molar-refractivity contribution < 1.29 is 19.4 Å². The van der Waals surface area contributed by atoms with Gasteiger partial charge >= 0.3 is 5.97 Å². The van der Waals surface area contributed by atoms with Gasteiger partial charge in [-0.1, -0.05) is 6.07 Å². The molecule has 36 heavy (non-hydrogen) atoms. The zero-order valence-electron chi connectivity index (χ0n) is 19.7. The third-order valence-electron chi connectivity index (χ3n) is 6.22. The number of nitrogens with zero attached hydrogens (tertiary/aromatic N) is 3. The highest BCUT2D eigenvalue weighted by Crippen LogP contribution is 2.46. The minimum atomic E-state index is -0.967. The number of carbonyl (C=O) groups is 1. The summed E-state index contributed by atoms with van der Waals surface area (Å²) < 4.78 is 13.2. The molecule has 8 nitrogen and oxygen atoms in total. The standard InChI is InChI=1S/C27H24N4O4S/c1-34-19-12-13-23(35-2)22(16-19)31-25(24(29-27(31)36)20-6-3-4-14-28-20)21-7-5-15-30(21)18-10-8-17(9-11-18)26(32)33/h3-16,24-25H,1-2H3,(H,29,36)(H,32,33). The molecule has 0 radical (unpaired) electrons. The van der Waals surface area contributed by atoms with Gasteiger partial charge in [-0.2, -0.15) is 0 Å². The second-order valence-corrected chi connectivity index (χ2v) is 8.58. The summed E-state index contributed by atoms with van der Waals surface area (Å²) in [4.78, 5) is 18.0. The van der Waals surface area contributed by atoms with E-state index in [-0.39, 0.29) is 17.6 Å². The van der Waals surface area contributed by atoms with Gasteiger partial charge in [0.2, 0.25) is 0 Å². The molecular formula is C27H24N4O4S. The first kappa shape index (κ1) is 23.4. The second-order valence-electron chi connectivity index (χ2n) is 8.19. The molecule has 1 saturated heterocycles. The van der Waals surface area contributed by atoms with E-state index in [1.54, 1.807) is 44.7 Å². The van der Waals surface area contributed by atoms with Gasteiger partial charge in [0.1, 0.15) is 17.5 Å². The number of benzene rings is 2. The van der Waals surface area contributed by atoms with Gasteiger partial charge in [-0.15, -0.1) is 0 Å². The fourth-order valence-electron chi connectivity index (χ4n) is 4.53. The van der Waals surface area contributed by atoms with Gasteiger partial charge in [-0.25, -0.2) is 4.79 Å². The van der Waals surface area contributed by atoms with Crippen LogP contribution >= 0.6 is 12.2 Å². The van der Waals surface area contributed by atoms with Crippen LogP contribution in [0.1, 0.15) is 33.8 Å². The van der Waals surface area contributed by atoms with Crippen LogP contribution < -0.4 is 19.7 Å². The number of thiocarbonyl (C=S) groups is 1. The van der Waals surface area contributed by atoms with Crippen molar-refractivity contribution in [1.82, 2.24) is 14.9 Å². The highest BCUT2D eigenvalue weighted by molar-refractivity contribution is 7.80. The number of pyridine rings is 1. The van der Waals surface area contributed by atoms with Crippen molar-refractivity contribution in [2.75, 3.05) is 19.1 Å². The number of aromatic nitrogens is 2. The number of carboxylic acids is 1. The van der Waals surface area contributed by atoms with Crippen molar-refractivity contribution in [1.29, 1.82) is 0 Å². The van der Waals surface area contributed by atoms with Crippen molar-refractivity contribution in [2.45, 2.75) is 12.1 Å². The van der Waals surface area contributed by atoms with E-state index in [0.717, 1.165) is 22.8 Å². The Hall–Kier alpha value is -4.37. The fourth-order valence-corrected chi connectivity index (χ4v) is 4.87. The number of methoxy groups -OCH3 is 2. The number of ether oxygens (including phenoxy) is 2. The third kappa shape index (κ3) is 4.14. The molecule has 4 aromatic rings. The predicted octanol–water partition coefficient (Wildman–Crippen LogP) is 4.76. The SMILES string of the molecule is COc1ccc(OC)c(N2C(=S)NC(c3ccccn3)C2c2cccn2-c2ccc(C(=O)O)cc2)c1. The van der Waals surface area contributed by atoms with E-state index in [1.165, 1.54) is 0 Å². The first-order valence-corrected chi connectivity index (χ1v) is 11.7. The molecule has 1 aliphatic rings. The summed E-state index contributed by atoms with van der Waals surface area (Å²) in [6.07, 6.45) is 3.71. The van der Waals surface area contributed by atoms with Crippen LogP contribution in [0.5, 0.6) is 11.5 Å². The van der Waals surface area contributed by atoms with Crippen molar-refractivity contribution in [2.24, 2.45) is 0 Å². The quantitative estimate of drug-likeness (QED) is 0.351. The number of rotatable bonds is 7. The highest BCUT2D eigenvalue weighted by Gasteiger charge is 2.43.